The molecule has 1 aromatic rings. The van der Waals surface area contributed by atoms with Crippen molar-refractivity contribution in [2.45, 2.75) is 19.9 Å². The SMILES string of the molecule is CC(C)C1COC(=O)N1c1ccc(F)c(O)c1. The Balaban J connectivity index is 2.36. The van der Waals surface area contributed by atoms with Crippen LogP contribution in [0.5, 0.6) is 5.75 Å². The summed E-state index contributed by atoms with van der Waals surface area (Å²) in [5.74, 6) is -0.958. The number of nitrogens with zero attached hydrogens (tertiary/aromatic N) is 1. The first-order valence-electron chi connectivity index (χ1n) is 5.45. The number of ether oxygens (including phenoxy) is 1. The van der Waals surface area contributed by atoms with Crippen molar-refractivity contribution in [1.29, 1.82) is 0 Å². The molecule has 2 rings (SSSR count). The number of anilines is 1. The highest BCUT2D eigenvalue weighted by molar-refractivity contribution is 5.90. The third-order valence-corrected chi connectivity index (χ3v) is 2.88. The minimum atomic E-state index is -0.706. The zero-order valence-electron chi connectivity index (χ0n) is 9.68. The van der Waals surface area contributed by atoms with Gasteiger partial charge in [0.15, 0.2) is 11.6 Å². The molecule has 1 unspecified atom stereocenters. The van der Waals surface area contributed by atoms with Gasteiger partial charge in [-0.2, -0.15) is 0 Å². The fraction of sp³-hybridized carbons (Fsp3) is 0.417. The second kappa shape index (κ2) is 4.24. The number of phenolic OH excluding ortho intramolecular Hbond substituents is 1. The predicted octanol–water partition coefficient (Wildman–Crippen LogP) is 2.51. The second-order valence-corrected chi connectivity index (χ2v) is 4.39. The highest BCUT2D eigenvalue weighted by Crippen LogP contribution is 2.30. The minimum absolute atomic E-state index is 0.0904. The molecule has 0 bridgehead atoms. The summed E-state index contributed by atoms with van der Waals surface area (Å²) in [5.41, 5.74) is 0.449. The van der Waals surface area contributed by atoms with E-state index in [1.54, 1.807) is 0 Å². The van der Waals surface area contributed by atoms with E-state index >= 15 is 0 Å². The quantitative estimate of drug-likeness (QED) is 0.862. The maximum absolute atomic E-state index is 13.0. The van der Waals surface area contributed by atoms with E-state index in [-0.39, 0.29) is 12.0 Å². The summed E-state index contributed by atoms with van der Waals surface area (Å²) in [4.78, 5) is 13.1. The number of rotatable bonds is 2. The average Bonchev–Trinajstić information content (AvgIpc) is 2.64. The first kappa shape index (κ1) is 11.7. The van der Waals surface area contributed by atoms with Crippen LogP contribution in [0.25, 0.3) is 0 Å². The van der Waals surface area contributed by atoms with Crippen LogP contribution in [0.1, 0.15) is 13.8 Å². The van der Waals surface area contributed by atoms with Gasteiger partial charge in [-0.1, -0.05) is 13.8 Å². The Kier molecular flexibility index (Phi) is 2.92. The van der Waals surface area contributed by atoms with Gasteiger partial charge in [0.05, 0.1) is 11.7 Å². The molecule has 5 heteroatoms. The number of aromatic hydroxyl groups is 1. The molecule has 1 aromatic carbocycles. The fourth-order valence-corrected chi connectivity index (χ4v) is 1.87. The lowest BCUT2D eigenvalue weighted by molar-refractivity contribution is 0.177. The van der Waals surface area contributed by atoms with Gasteiger partial charge in [-0.3, -0.25) is 4.90 Å². The van der Waals surface area contributed by atoms with Gasteiger partial charge >= 0.3 is 6.09 Å². The number of carbonyl (C=O) groups excluding carboxylic acids is 1. The predicted molar refractivity (Wildman–Crippen MR) is 60.5 cm³/mol. The summed E-state index contributed by atoms with van der Waals surface area (Å²) in [6.07, 6.45) is -0.463. The maximum Gasteiger partial charge on any atom is 0.414 e. The van der Waals surface area contributed by atoms with Gasteiger partial charge in [0.25, 0.3) is 0 Å². The van der Waals surface area contributed by atoms with Gasteiger partial charge < -0.3 is 9.84 Å². The molecule has 1 fully saturated rings. The summed E-state index contributed by atoms with van der Waals surface area (Å²) in [7, 11) is 0. The molecular formula is C12H14FNO3. The number of carbonyl (C=O) groups is 1. The highest BCUT2D eigenvalue weighted by atomic mass is 19.1. The number of hydrogen-bond donors (Lipinski definition) is 1. The number of halogens is 1. The fourth-order valence-electron chi connectivity index (χ4n) is 1.87. The third-order valence-electron chi connectivity index (χ3n) is 2.88. The smallest absolute Gasteiger partial charge is 0.414 e. The third kappa shape index (κ3) is 2.05. The molecule has 1 heterocycles. The van der Waals surface area contributed by atoms with Crippen LogP contribution in [0.4, 0.5) is 14.9 Å². The Bertz CT molecular complexity index is 447. The number of benzene rings is 1. The van der Waals surface area contributed by atoms with Crippen LogP contribution >= 0.6 is 0 Å². The molecule has 1 aliphatic rings. The van der Waals surface area contributed by atoms with Gasteiger partial charge in [0.1, 0.15) is 6.61 Å². The molecule has 17 heavy (non-hydrogen) atoms. The molecule has 1 amide bonds. The summed E-state index contributed by atoms with van der Waals surface area (Å²) < 4.78 is 17.9. The lowest BCUT2D eigenvalue weighted by Crippen LogP contribution is -2.37. The Morgan fingerprint density at radius 1 is 1.53 bits per heavy atom. The summed E-state index contributed by atoms with van der Waals surface area (Å²) in [6.45, 7) is 4.26. The van der Waals surface area contributed by atoms with Crippen LogP contribution in [0, 0.1) is 11.7 Å². The van der Waals surface area contributed by atoms with Gasteiger partial charge in [0, 0.05) is 6.07 Å². The lowest BCUT2D eigenvalue weighted by Gasteiger charge is -2.24. The Hall–Kier alpha value is -1.78. The van der Waals surface area contributed by atoms with Crippen molar-refractivity contribution < 1.29 is 19.0 Å². The molecule has 92 valence electrons. The van der Waals surface area contributed by atoms with Crippen molar-refractivity contribution in [2.24, 2.45) is 5.92 Å². The highest BCUT2D eigenvalue weighted by Gasteiger charge is 2.36. The van der Waals surface area contributed by atoms with Crippen LogP contribution in [0.15, 0.2) is 18.2 Å². The minimum Gasteiger partial charge on any atom is -0.505 e. The summed E-state index contributed by atoms with van der Waals surface area (Å²) in [5, 5.41) is 9.32. The van der Waals surface area contributed by atoms with Crippen molar-refractivity contribution >= 4 is 11.8 Å². The monoisotopic (exact) mass is 239 g/mol. The van der Waals surface area contributed by atoms with E-state index < -0.39 is 17.7 Å². The number of hydrogen-bond acceptors (Lipinski definition) is 3. The molecule has 1 atom stereocenters. The largest absolute Gasteiger partial charge is 0.505 e. The van der Waals surface area contributed by atoms with Crippen molar-refractivity contribution in [3.05, 3.63) is 24.0 Å². The lowest BCUT2D eigenvalue weighted by atomic mass is 10.0. The molecule has 0 saturated carbocycles. The number of phenols is 1. The van der Waals surface area contributed by atoms with Crippen molar-refractivity contribution in [3.8, 4) is 5.75 Å². The van der Waals surface area contributed by atoms with Crippen molar-refractivity contribution in [1.82, 2.24) is 0 Å². The summed E-state index contributed by atoms with van der Waals surface area (Å²) >= 11 is 0. The Morgan fingerprint density at radius 3 is 2.82 bits per heavy atom. The van der Waals surface area contributed by atoms with Gasteiger partial charge in [-0.05, 0) is 18.1 Å². The average molecular weight is 239 g/mol. The first-order valence-corrected chi connectivity index (χ1v) is 5.45. The van der Waals surface area contributed by atoms with Crippen LogP contribution in [0.2, 0.25) is 0 Å². The maximum atomic E-state index is 13.0. The molecule has 0 aromatic heterocycles. The molecule has 0 radical (unpaired) electrons. The van der Waals surface area contributed by atoms with E-state index in [1.807, 2.05) is 13.8 Å². The van der Waals surface area contributed by atoms with E-state index in [2.05, 4.69) is 0 Å². The molecule has 1 saturated heterocycles. The Morgan fingerprint density at radius 2 is 2.24 bits per heavy atom. The normalized spacial score (nSPS) is 19.9. The number of amides is 1. The van der Waals surface area contributed by atoms with E-state index in [4.69, 9.17) is 4.74 Å². The molecule has 0 spiro atoms. The van der Waals surface area contributed by atoms with Crippen LogP contribution in [-0.2, 0) is 4.74 Å². The van der Waals surface area contributed by atoms with Crippen LogP contribution < -0.4 is 4.90 Å². The summed E-state index contributed by atoms with van der Waals surface area (Å²) in [6, 6.07) is 3.73. The topological polar surface area (TPSA) is 49.8 Å². The van der Waals surface area contributed by atoms with E-state index in [1.165, 1.54) is 17.0 Å². The van der Waals surface area contributed by atoms with Crippen molar-refractivity contribution in [3.63, 3.8) is 0 Å². The van der Waals surface area contributed by atoms with Crippen LogP contribution in [-0.4, -0.2) is 23.8 Å². The van der Waals surface area contributed by atoms with E-state index in [9.17, 15) is 14.3 Å². The van der Waals surface area contributed by atoms with Gasteiger partial charge in [0.2, 0.25) is 0 Å². The molecule has 1 aliphatic heterocycles. The molecule has 4 nitrogen and oxygen atoms in total. The van der Waals surface area contributed by atoms with Crippen LogP contribution in [0.3, 0.4) is 0 Å². The number of cyclic esters (lactones) is 1. The Labute approximate surface area is 98.6 Å². The van der Waals surface area contributed by atoms with Gasteiger partial charge in [-0.25, -0.2) is 9.18 Å². The van der Waals surface area contributed by atoms with Crippen molar-refractivity contribution in [2.75, 3.05) is 11.5 Å². The van der Waals surface area contributed by atoms with Gasteiger partial charge in [-0.15, -0.1) is 0 Å². The second-order valence-electron chi connectivity index (χ2n) is 4.39. The van der Waals surface area contributed by atoms with E-state index in [0.717, 1.165) is 6.07 Å². The first-order chi connectivity index (χ1) is 8.00. The zero-order valence-corrected chi connectivity index (χ0v) is 9.68. The molecule has 1 N–H and O–H groups in total. The van der Waals surface area contributed by atoms with E-state index in [0.29, 0.717) is 12.3 Å². The molecule has 0 aliphatic carbocycles. The molecular weight excluding hydrogens is 225 g/mol. The standard InChI is InChI=1S/C12H14FNO3/c1-7(2)10-6-17-12(16)14(10)8-3-4-9(13)11(15)5-8/h3-5,7,10,15H,6H2,1-2H3. The zero-order chi connectivity index (χ0) is 12.6.